The summed E-state index contributed by atoms with van der Waals surface area (Å²) in [5.41, 5.74) is 3.23. The molecule has 2 N–H and O–H groups in total. The number of anilines is 2. The van der Waals surface area contributed by atoms with Crippen molar-refractivity contribution in [2.75, 3.05) is 10.6 Å². The molecule has 0 amide bonds. The number of hydrogen-bond donors (Lipinski definition) is 2. The molecule has 0 bridgehead atoms. The van der Waals surface area contributed by atoms with Crippen molar-refractivity contribution in [1.29, 1.82) is 0 Å². The largest absolute Gasteiger partial charge is 0.457 e. The van der Waals surface area contributed by atoms with Crippen molar-refractivity contribution in [3.8, 4) is 11.5 Å². The summed E-state index contributed by atoms with van der Waals surface area (Å²) in [6.07, 6.45) is 1.14. The zero-order valence-corrected chi connectivity index (χ0v) is 16.4. The maximum atomic E-state index is 5.80. The van der Waals surface area contributed by atoms with Gasteiger partial charge in [0, 0.05) is 11.4 Å². The van der Waals surface area contributed by atoms with Gasteiger partial charge in [-0.25, -0.2) is 0 Å². The van der Waals surface area contributed by atoms with Crippen LogP contribution in [0.1, 0.15) is 31.7 Å². The Kier molecular flexibility index (Phi) is 6.44. The van der Waals surface area contributed by atoms with E-state index in [1.54, 1.807) is 0 Å². The first-order valence-corrected chi connectivity index (χ1v) is 9.56. The normalized spacial score (nSPS) is 11.5. The first kappa shape index (κ1) is 18.9. The second-order valence-electron chi connectivity index (χ2n) is 6.45. The minimum Gasteiger partial charge on any atom is -0.457 e. The average molecular weight is 377 g/mol. The van der Waals surface area contributed by atoms with E-state index in [0.717, 1.165) is 29.3 Å². The zero-order valence-electron chi connectivity index (χ0n) is 15.6. The maximum Gasteiger partial charge on any atom is 0.175 e. The fourth-order valence-corrected chi connectivity index (χ4v) is 2.89. The monoisotopic (exact) mass is 376 g/mol. The van der Waals surface area contributed by atoms with Crippen LogP contribution in [0.5, 0.6) is 11.5 Å². The molecule has 0 fully saturated rings. The van der Waals surface area contributed by atoms with Gasteiger partial charge in [0.05, 0.1) is 0 Å². The van der Waals surface area contributed by atoms with Crippen molar-refractivity contribution < 1.29 is 4.74 Å². The number of para-hydroxylation sites is 1. The molecule has 138 valence electrons. The fourth-order valence-electron chi connectivity index (χ4n) is 2.66. The lowest BCUT2D eigenvalue weighted by Gasteiger charge is -2.13. The molecule has 0 heterocycles. The van der Waals surface area contributed by atoms with E-state index in [2.05, 4.69) is 48.7 Å². The topological polar surface area (TPSA) is 33.3 Å². The van der Waals surface area contributed by atoms with E-state index < -0.39 is 0 Å². The van der Waals surface area contributed by atoms with Crippen LogP contribution in [0.3, 0.4) is 0 Å². The molecule has 27 heavy (non-hydrogen) atoms. The molecule has 0 spiro atoms. The van der Waals surface area contributed by atoms with E-state index >= 15 is 0 Å². The van der Waals surface area contributed by atoms with E-state index in [4.69, 9.17) is 17.0 Å². The summed E-state index contributed by atoms with van der Waals surface area (Å²) in [4.78, 5) is 0. The fraction of sp³-hybridized carbons (Fsp3) is 0.174. The summed E-state index contributed by atoms with van der Waals surface area (Å²) in [7, 11) is 0. The highest BCUT2D eigenvalue weighted by Crippen LogP contribution is 2.23. The molecule has 3 aromatic carbocycles. The lowest BCUT2D eigenvalue weighted by molar-refractivity contribution is 0.483. The van der Waals surface area contributed by atoms with Crippen molar-refractivity contribution in [1.82, 2.24) is 0 Å². The minimum absolute atomic E-state index is 0.558. The smallest absolute Gasteiger partial charge is 0.175 e. The van der Waals surface area contributed by atoms with E-state index in [9.17, 15) is 0 Å². The Balaban J connectivity index is 1.54. The number of hydrogen-bond acceptors (Lipinski definition) is 2. The summed E-state index contributed by atoms with van der Waals surface area (Å²) >= 11 is 5.41. The van der Waals surface area contributed by atoms with Crippen LogP contribution >= 0.6 is 12.2 Å². The summed E-state index contributed by atoms with van der Waals surface area (Å²) in [5.74, 6) is 2.17. The third kappa shape index (κ3) is 5.56. The first-order chi connectivity index (χ1) is 13.1. The van der Waals surface area contributed by atoms with Crippen molar-refractivity contribution in [2.45, 2.75) is 26.2 Å². The molecule has 0 aromatic heterocycles. The minimum atomic E-state index is 0.558. The molecule has 0 aliphatic rings. The molecule has 0 radical (unpaired) electrons. The number of nitrogens with one attached hydrogen (secondary N) is 2. The Bertz CT molecular complexity index is 861. The molecule has 1 unspecified atom stereocenters. The molecule has 3 nitrogen and oxygen atoms in total. The summed E-state index contributed by atoms with van der Waals surface area (Å²) in [6.45, 7) is 4.44. The van der Waals surface area contributed by atoms with Crippen LogP contribution in [0.4, 0.5) is 11.4 Å². The second-order valence-corrected chi connectivity index (χ2v) is 6.86. The molecule has 3 aromatic rings. The molecule has 4 heteroatoms. The predicted molar refractivity (Wildman–Crippen MR) is 118 cm³/mol. The van der Waals surface area contributed by atoms with Gasteiger partial charge in [-0.2, -0.15) is 0 Å². The lowest BCUT2D eigenvalue weighted by atomic mass is 9.99. The van der Waals surface area contributed by atoms with Gasteiger partial charge in [-0.15, -0.1) is 0 Å². The molecule has 0 saturated carbocycles. The highest BCUT2D eigenvalue weighted by atomic mass is 32.1. The van der Waals surface area contributed by atoms with Gasteiger partial charge in [-0.1, -0.05) is 44.2 Å². The van der Waals surface area contributed by atoms with Crippen LogP contribution in [0.15, 0.2) is 78.9 Å². The number of rotatable bonds is 6. The van der Waals surface area contributed by atoms with Crippen LogP contribution in [0.25, 0.3) is 0 Å². The molecular formula is C23H24N2OS. The number of benzene rings is 3. The van der Waals surface area contributed by atoms with Crippen LogP contribution < -0.4 is 15.4 Å². The van der Waals surface area contributed by atoms with Gasteiger partial charge in [-0.3, -0.25) is 0 Å². The van der Waals surface area contributed by atoms with Crippen LogP contribution in [-0.4, -0.2) is 5.11 Å². The number of ether oxygens (including phenoxy) is 1. The van der Waals surface area contributed by atoms with Crippen molar-refractivity contribution in [2.24, 2.45) is 0 Å². The third-order valence-electron chi connectivity index (χ3n) is 4.44. The van der Waals surface area contributed by atoms with Crippen LogP contribution in [0.2, 0.25) is 0 Å². The Hall–Kier alpha value is -2.85. The molecule has 1 atom stereocenters. The van der Waals surface area contributed by atoms with Gasteiger partial charge in [0.25, 0.3) is 0 Å². The highest BCUT2D eigenvalue weighted by molar-refractivity contribution is 7.80. The van der Waals surface area contributed by atoms with Gasteiger partial charge >= 0.3 is 0 Å². The van der Waals surface area contributed by atoms with Gasteiger partial charge in [0.2, 0.25) is 0 Å². The van der Waals surface area contributed by atoms with Gasteiger partial charge in [-0.05, 0) is 78.7 Å². The van der Waals surface area contributed by atoms with Crippen molar-refractivity contribution in [3.63, 3.8) is 0 Å². The van der Waals surface area contributed by atoms with E-state index in [0.29, 0.717) is 11.0 Å². The molecule has 0 aliphatic carbocycles. The molecule has 0 saturated heterocycles. The Morgan fingerprint density at radius 1 is 0.815 bits per heavy atom. The predicted octanol–water partition coefficient (Wildman–Crippen LogP) is 6.80. The van der Waals surface area contributed by atoms with Crippen molar-refractivity contribution >= 4 is 28.7 Å². The Morgan fingerprint density at radius 3 is 1.89 bits per heavy atom. The summed E-state index contributed by atoms with van der Waals surface area (Å²) < 4.78 is 5.80. The molecule has 0 aliphatic heterocycles. The molecular weight excluding hydrogens is 352 g/mol. The second kappa shape index (κ2) is 9.19. The molecule has 3 rings (SSSR count). The van der Waals surface area contributed by atoms with Gasteiger partial charge in [0.1, 0.15) is 11.5 Å². The van der Waals surface area contributed by atoms with Gasteiger partial charge < -0.3 is 15.4 Å². The van der Waals surface area contributed by atoms with E-state index in [1.165, 1.54) is 5.56 Å². The quantitative estimate of drug-likeness (QED) is 0.463. The van der Waals surface area contributed by atoms with Crippen molar-refractivity contribution in [3.05, 3.63) is 84.4 Å². The van der Waals surface area contributed by atoms with Crippen LogP contribution in [0, 0.1) is 0 Å². The van der Waals surface area contributed by atoms with E-state index in [-0.39, 0.29) is 0 Å². The number of thiocarbonyl (C=S) groups is 1. The van der Waals surface area contributed by atoms with Crippen LogP contribution in [-0.2, 0) is 0 Å². The van der Waals surface area contributed by atoms with E-state index in [1.807, 2.05) is 54.6 Å². The lowest BCUT2D eigenvalue weighted by Crippen LogP contribution is -2.18. The Morgan fingerprint density at radius 2 is 1.33 bits per heavy atom. The standard InChI is InChI=1S/C23H24N2OS/c1-3-17(2)18-9-11-19(12-10-18)24-23(27)25-20-13-15-22(16-14-20)26-21-7-5-4-6-8-21/h4-17H,3H2,1-2H3,(H2,24,25,27). The zero-order chi connectivity index (χ0) is 19.1. The van der Waals surface area contributed by atoms with Gasteiger partial charge in [0.15, 0.2) is 5.11 Å². The third-order valence-corrected chi connectivity index (χ3v) is 4.65. The summed E-state index contributed by atoms with van der Waals surface area (Å²) in [5, 5.41) is 6.97. The first-order valence-electron chi connectivity index (χ1n) is 9.15. The summed E-state index contributed by atoms with van der Waals surface area (Å²) in [6, 6.07) is 25.9. The maximum absolute atomic E-state index is 5.80. The average Bonchev–Trinajstić information content (AvgIpc) is 2.70. The highest BCUT2D eigenvalue weighted by Gasteiger charge is 2.04. The SMILES string of the molecule is CCC(C)c1ccc(NC(=S)Nc2ccc(Oc3ccccc3)cc2)cc1. The Labute approximate surface area is 166 Å².